The van der Waals surface area contributed by atoms with Gasteiger partial charge < -0.3 is 9.64 Å². The molecule has 2 heterocycles. The summed E-state index contributed by atoms with van der Waals surface area (Å²) in [6.07, 6.45) is 1.91. The molecule has 0 N–H and O–H groups in total. The number of ether oxygens (including phenoxy) is 1. The first-order valence-corrected chi connectivity index (χ1v) is 13.3. The van der Waals surface area contributed by atoms with Crippen molar-refractivity contribution in [3.63, 3.8) is 0 Å². The third-order valence-electron chi connectivity index (χ3n) is 7.25. The van der Waals surface area contributed by atoms with E-state index in [0.29, 0.717) is 0 Å². The van der Waals surface area contributed by atoms with Crippen molar-refractivity contribution in [3.05, 3.63) is 115 Å². The van der Waals surface area contributed by atoms with E-state index in [-0.39, 0.29) is 5.41 Å². The minimum atomic E-state index is 0.0287. The normalized spacial score (nSPS) is 11.7. The van der Waals surface area contributed by atoms with Crippen molar-refractivity contribution in [1.82, 2.24) is 9.55 Å². The van der Waals surface area contributed by atoms with Gasteiger partial charge in [-0.25, -0.2) is 4.98 Å². The first kappa shape index (κ1) is 24.7. The van der Waals surface area contributed by atoms with Crippen LogP contribution in [0.2, 0.25) is 0 Å². The summed E-state index contributed by atoms with van der Waals surface area (Å²) >= 11 is 0. The van der Waals surface area contributed by atoms with Crippen molar-refractivity contribution in [1.29, 1.82) is 0 Å². The van der Waals surface area contributed by atoms with E-state index in [4.69, 9.17) is 9.72 Å². The van der Waals surface area contributed by atoms with Crippen molar-refractivity contribution in [3.8, 4) is 28.4 Å². The third-order valence-corrected chi connectivity index (χ3v) is 7.25. The molecular formula is C35H33N3O. The van der Waals surface area contributed by atoms with Crippen LogP contribution in [-0.2, 0) is 5.41 Å². The van der Waals surface area contributed by atoms with Crippen LogP contribution in [0.15, 0.2) is 109 Å². The molecule has 4 nitrogen and oxygen atoms in total. The lowest BCUT2D eigenvalue weighted by atomic mass is 9.88. The van der Waals surface area contributed by atoms with Gasteiger partial charge >= 0.3 is 0 Å². The minimum Gasteiger partial charge on any atom is -0.457 e. The molecule has 0 aliphatic heterocycles. The molecule has 0 atom stereocenters. The number of pyridine rings is 1. The Hall–Kier alpha value is -4.57. The maximum absolute atomic E-state index is 6.47. The Balaban J connectivity index is 1.45. The first-order chi connectivity index (χ1) is 18.8. The van der Waals surface area contributed by atoms with E-state index >= 15 is 0 Å². The maximum atomic E-state index is 6.47. The van der Waals surface area contributed by atoms with Crippen molar-refractivity contribution >= 4 is 27.5 Å². The summed E-state index contributed by atoms with van der Waals surface area (Å²) in [4.78, 5) is 6.93. The molecule has 2 aromatic heterocycles. The van der Waals surface area contributed by atoms with Crippen LogP contribution < -0.4 is 9.64 Å². The molecule has 0 saturated heterocycles. The number of anilines is 1. The lowest BCUT2D eigenvalue weighted by molar-refractivity contribution is 0.483. The number of hydrogen-bond donors (Lipinski definition) is 0. The second-order valence-electron chi connectivity index (χ2n) is 11.2. The SMILES string of the molecule is CN(C)c1ccccc1-c1cccc(Oc2ccc3c4ccccc4n(-c4cc(C(C)(C)C)ccn4)c3c2)c1. The molecule has 4 heteroatoms. The van der Waals surface area contributed by atoms with Crippen LogP contribution in [0.3, 0.4) is 0 Å². The van der Waals surface area contributed by atoms with Gasteiger partial charge in [0.05, 0.1) is 11.0 Å². The second kappa shape index (κ2) is 9.63. The molecule has 6 aromatic rings. The number of fused-ring (bicyclic) bond motifs is 3. The fourth-order valence-corrected chi connectivity index (χ4v) is 5.24. The van der Waals surface area contributed by atoms with Crippen molar-refractivity contribution in [2.75, 3.05) is 19.0 Å². The Morgan fingerprint density at radius 2 is 1.44 bits per heavy atom. The van der Waals surface area contributed by atoms with E-state index < -0.39 is 0 Å². The number of aromatic nitrogens is 2. The monoisotopic (exact) mass is 511 g/mol. The van der Waals surface area contributed by atoms with E-state index in [9.17, 15) is 0 Å². The molecule has 194 valence electrons. The van der Waals surface area contributed by atoms with Crippen LogP contribution in [0, 0.1) is 0 Å². The van der Waals surface area contributed by atoms with Gasteiger partial charge in [-0.1, -0.05) is 69.3 Å². The first-order valence-electron chi connectivity index (χ1n) is 13.3. The molecule has 39 heavy (non-hydrogen) atoms. The molecule has 4 aromatic carbocycles. The summed E-state index contributed by atoms with van der Waals surface area (Å²) in [6.45, 7) is 6.69. The molecule has 0 bridgehead atoms. The Morgan fingerprint density at radius 1 is 0.692 bits per heavy atom. The zero-order valence-corrected chi connectivity index (χ0v) is 23.1. The number of para-hydroxylation sites is 2. The van der Waals surface area contributed by atoms with E-state index in [2.05, 4.69) is 141 Å². The van der Waals surface area contributed by atoms with E-state index in [1.807, 2.05) is 12.3 Å². The lowest BCUT2D eigenvalue weighted by Crippen LogP contribution is -2.12. The summed E-state index contributed by atoms with van der Waals surface area (Å²) in [7, 11) is 4.14. The molecule has 6 rings (SSSR count). The maximum Gasteiger partial charge on any atom is 0.137 e. The smallest absolute Gasteiger partial charge is 0.137 e. The Kier molecular flexibility index (Phi) is 6.11. The largest absolute Gasteiger partial charge is 0.457 e. The Morgan fingerprint density at radius 3 is 2.26 bits per heavy atom. The molecule has 0 unspecified atom stereocenters. The van der Waals surface area contributed by atoms with Gasteiger partial charge in [0, 0.05) is 48.4 Å². The molecule has 0 saturated carbocycles. The Labute approximate surface area is 230 Å². The van der Waals surface area contributed by atoms with Gasteiger partial charge in [0.25, 0.3) is 0 Å². The van der Waals surface area contributed by atoms with Gasteiger partial charge in [0.15, 0.2) is 0 Å². The van der Waals surface area contributed by atoms with Gasteiger partial charge in [-0.15, -0.1) is 0 Å². The molecule has 0 radical (unpaired) electrons. The van der Waals surface area contributed by atoms with Crippen molar-refractivity contribution < 1.29 is 4.74 Å². The summed E-state index contributed by atoms with van der Waals surface area (Å²) in [6, 6.07) is 35.9. The number of rotatable bonds is 5. The van der Waals surface area contributed by atoms with Crippen LogP contribution in [0.25, 0.3) is 38.8 Å². The molecule has 0 aliphatic carbocycles. The topological polar surface area (TPSA) is 30.3 Å². The van der Waals surface area contributed by atoms with Gasteiger partial charge in [-0.2, -0.15) is 0 Å². The van der Waals surface area contributed by atoms with Gasteiger partial charge in [0.2, 0.25) is 0 Å². The minimum absolute atomic E-state index is 0.0287. The molecule has 0 spiro atoms. The second-order valence-corrected chi connectivity index (χ2v) is 11.2. The van der Waals surface area contributed by atoms with E-state index in [1.165, 1.54) is 27.6 Å². The third kappa shape index (κ3) is 4.63. The molecule has 0 fully saturated rings. The van der Waals surface area contributed by atoms with E-state index in [0.717, 1.165) is 33.9 Å². The van der Waals surface area contributed by atoms with Crippen LogP contribution in [0.1, 0.15) is 26.3 Å². The molecular weight excluding hydrogens is 478 g/mol. The van der Waals surface area contributed by atoms with Gasteiger partial charge in [-0.05, 0) is 65.1 Å². The Bertz CT molecular complexity index is 1810. The van der Waals surface area contributed by atoms with E-state index in [1.54, 1.807) is 0 Å². The van der Waals surface area contributed by atoms with Gasteiger partial charge in [-0.3, -0.25) is 4.57 Å². The highest BCUT2D eigenvalue weighted by Crippen LogP contribution is 2.37. The zero-order valence-electron chi connectivity index (χ0n) is 23.1. The van der Waals surface area contributed by atoms with Crippen LogP contribution in [0.4, 0.5) is 5.69 Å². The fraction of sp³-hybridized carbons (Fsp3) is 0.171. The average molecular weight is 512 g/mol. The predicted octanol–water partition coefficient (Wildman–Crippen LogP) is 9.00. The highest BCUT2D eigenvalue weighted by atomic mass is 16.5. The standard InChI is InChI=1S/C35H33N3O/c1-35(2,3)25-19-20-36-34(22-25)38-32-16-9-7-14-29(32)30-18-17-27(23-33(30)38)39-26-12-10-11-24(21-26)28-13-6-8-15-31(28)37(4)5/h6-23H,1-5H3. The highest BCUT2D eigenvalue weighted by molar-refractivity contribution is 6.09. The number of hydrogen-bond acceptors (Lipinski definition) is 3. The lowest BCUT2D eigenvalue weighted by Gasteiger charge is -2.20. The van der Waals surface area contributed by atoms with Crippen molar-refractivity contribution in [2.24, 2.45) is 0 Å². The van der Waals surface area contributed by atoms with Gasteiger partial charge in [0.1, 0.15) is 17.3 Å². The highest BCUT2D eigenvalue weighted by Gasteiger charge is 2.18. The van der Waals surface area contributed by atoms with Crippen LogP contribution in [0.5, 0.6) is 11.5 Å². The quantitative estimate of drug-likeness (QED) is 0.231. The van der Waals surface area contributed by atoms with Crippen molar-refractivity contribution in [2.45, 2.75) is 26.2 Å². The molecule has 0 aliphatic rings. The molecule has 0 amide bonds. The number of benzene rings is 4. The summed E-state index contributed by atoms with van der Waals surface area (Å²) in [5.74, 6) is 2.50. The number of nitrogens with zero attached hydrogens (tertiary/aromatic N) is 3. The average Bonchev–Trinajstić information content (AvgIpc) is 3.26. The summed E-state index contributed by atoms with van der Waals surface area (Å²) in [5.41, 5.74) is 6.95. The summed E-state index contributed by atoms with van der Waals surface area (Å²) < 4.78 is 8.71. The summed E-state index contributed by atoms with van der Waals surface area (Å²) in [5, 5.41) is 2.37. The van der Waals surface area contributed by atoms with Crippen LogP contribution >= 0.6 is 0 Å². The predicted molar refractivity (Wildman–Crippen MR) is 164 cm³/mol. The van der Waals surface area contributed by atoms with Crippen LogP contribution in [-0.4, -0.2) is 23.6 Å². The zero-order chi connectivity index (χ0) is 27.1. The fourth-order valence-electron chi connectivity index (χ4n) is 5.24.